The molecule has 0 saturated heterocycles. The van der Waals surface area contributed by atoms with Crippen molar-refractivity contribution in [2.24, 2.45) is 0 Å². The molecule has 0 bridgehead atoms. The van der Waals surface area contributed by atoms with E-state index in [1.807, 2.05) is 38.1 Å². The molecule has 172 valence electrons. The molecule has 4 aromatic rings. The van der Waals surface area contributed by atoms with E-state index >= 15 is 0 Å². The first-order valence-corrected chi connectivity index (χ1v) is 12.9. The fourth-order valence-electron chi connectivity index (χ4n) is 4.19. The maximum atomic E-state index is 13.6. The zero-order chi connectivity index (χ0) is 24.0. The summed E-state index contributed by atoms with van der Waals surface area (Å²) >= 11 is 2.77. The van der Waals surface area contributed by atoms with Gasteiger partial charge in [0.05, 0.1) is 28.9 Å². The van der Waals surface area contributed by atoms with Crippen molar-refractivity contribution in [1.29, 1.82) is 0 Å². The molecule has 0 spiro atoms. The molecule has 0 fully saturated rings. The Labute approximate surface area is 205 Å². The van der Waals surface area contributed by atoms with Gasteiger partial charge >= 0.3 is 0 Å². The Morgan fingerprint density at radius 2 is 1.59 bits per heavy atom. The fourth-order valence-corrected chi connectivity index (χ4v) is 6.29. The molecule has 0 radical (unpaired) electrons. The Morgan fingerprint density at radius 3 is 2.21 bits per heavy atom. The maximum absolute atomic E-state index is 13.6. The summed E-state index contributed by atoms with van der Waals surface area (Å²) in [6.45, 7) is 6.43. The van der Waals surface area contributed by atoms with E-state index in [1.54, 1.807) is 28.8 Å². The number of carbonyl (C=O) groups excluding carboxylic acids is 2. The van der Waals surface area contributed by atoms with Gasteiger partial charge in [-0.1, -0.05) is 60.6 Å². The second kappa shape index (κ2) is 8.85. The predicted molar refractivity (Wildman–Crippen MR) is 136 cm³/mol. The summed E-state index contributed by atoms with van der Waals surface area (Å²) in [4.78, 5) is 47.2. The Hall–Kier alpha value is -3.23. The Morgan fingerprint density at radius 1 is 0.941 bits per heavy atom. The first-order valence-electron chi connectivity index (χ1n) is 11.1. The van der Waals surface area contributed by atoms with Crippen LogP contribution >= 0.6 is 23.1 Å². The second-order valence-electron chi connectivity index (χ2n) is 8.31. The first kappa shape index (κ1) is 22.6. The minimum absolute atomic E-state index is 0.0865. The van der Waals surface area contributed by atoms with Gasteiger partial charge in [-0.2, -0.15) is 0 Å². The number of hydrogen-bond acceptors (Lipinski definition) is 6. The number of benzene rings is 2. The van der Waals surface area contributed by atoms with Crippen LogP contribution < -0.4 is 5.56 Å². The van der Waals surface area contributed by atoms with Crippen LogP contribution in [0.5, 0.6) is 0 Å². The smallest absolute Gasteiger partial charge is 0.263 e. The Kier molecular flexibility index (Phi) is 5.87. The van der Waals surface area contributed by atoms with Gasteiger partial charge in [-0.3, -0.25) is 23.9 Å². The van der Waals surface area contributed by atoms with Crippen LogP contribution in [0.15, 0.2) is 58.5 Å². The molecular formula is C26H23N3O3S2. The normalized spacial score (nSPS) is 13.2. The van der Waals surface area contributed by atoms with E-state index in [1.165, 1.54) is 28.0 Å². The Bertz CT molecular complexity index is 1470. The van der Waals surface area contributed by atoms with Crippen LogP contribution in [-0.2, 0) is 13.0 Å². The van der Waals surface area contributed by atoms with E-state index in [-0.39, 0.29) is 23.3 Å². The largest absolute Gasteiger partial charge is 0.282 e. The van der Waals surface area contributed by atoms with Gasteiger partial charge in [0, 0.05) is 4.88 Å². The van der Waals surface area contributed by atoms with Crippen LogP contribution in [0.3, 0.4) is 0 Å². The molecule has 3 heterocycles. The zero-order valence-corrected chi connectivity index (χ0v) is 20.8. The van der Waals surface area contributed by atoms with Crippen LogP contribution in [0, 0.1) is 13.8 Å². The molecule has 5 rings (SSSR count). The number of aryl methyl sites for hydroxylation is 3. The summed E-state index contributed by atoms with van der Waals surface area (Å²) in [5, 5.41) is 1.15. The SMILES string of the molecule is CCc1sc2nc(SCN3C(=O)c4ccccc4C3=O)n(Cc3ccc(C)cc3)c(=O)c2c1C. The fraction of sp³-hybridized carbons (Fsp3) is 0.231. The predicted octanol–water partition coefficient (Wildman–Crippen LogP) is 5.03. The molecule has 2 aromatic heterocycles. The maximum Gasteiger partial charge on any atom is 0.263 e. The van der Waals surface area contributed by atoms with Gasteiger partial charge in [0.1, 0.15) is 4.83 Å². The van der Waals surface area contributed by atoms with Crippen molar-refractivity contribution >= 4 is 45.1 Å². The molecule has 0 N–H and O–H groups in total. The van der Waals surface area contributed by atoms with Gasteiger partial charge in [0.25, 0.3) is 17.4 Å². The van der Waals surface area contributed by atoms with Gasteiger partial charge in [-0.15, -0.1) is 11.3 Å². The molecule has 0 unspecified atom stereocenters. The van der Waals surface area contributed by atoms with Gasteiger partial charge in [0.2, 0.25) is 0 Å². The van der Waals surface area contributed by atoms with Gasteiger partial charge < -0.3 is 0 Å². The number of amides is 2. The van der Waals surface area contributed by atoms with Crippen LogP contribution in [0.1, 0.15) is 49.2 Å². The molecule has 2 aromatic carbocycles. The summed E-state index contributed by atoms with van der Waals surface area (Å²) in [7, 11) is 0. The minimum Gasteiger partial charge on any atom is -0.282 e. The molecule has 0 atom stereocenters. The number of rotatable bonds is 6. The van der Waals surface area contributed by atoms with E-state index in [0.717, 1.165) is 28.0 Å². The Balaban J connectivity index is 1.54. The molecule has 0 saturated carbocycles. The highest BCUT2D eigenvalue weighted by atomic mass is 32.2. The van der Waals surface area contributed by atoms with Crippen LogP contribution in [0.25, 0.3) is 10.2 Å². The molecule has 8 heteroatoms. The van der Waals surface area contributed by atoms with Crippen molar-refractivity contribution in [2.45, 2.75) is 38.9 Å². The van der Waals surface area contributed by atoms with Crippen LogP contribution in [-0.4, -0.2) is 32.1 Å². The summed E-state index contributed by atoms with van der Waals surface area (Å²) in [6, 6.07) is 14.9. The van der Waals surface area contributed by atoms with E-state index in [4.69, 9.17) is 4.98 Å². The lowest BCUT2D eigenvalue weighted by atomic mass is 10.1. The molecule has 6 nitrogen and oxygen atoms in total. The van der Waals surface area contributed by atoms with Gasteiger partial charge in [-0.25, -0.2) is 4.98 Å². The highest BCUT2D eigenvalue weighted by molar-refractivity contribution is 7.99. The monoisotopic (exact) mass is 489 g/mol. The quantitative estimate of drug-likeness (QED) is 0.216. The number of aromatic nitrogens is 2. The van der Waals surface area contributed by atoms with E-state index in [0.29, 0.717) is 33.0 Å². The average molecular weight is 490 g/mol. The van der Waals surface area contributed by atoms with Gasteiger partial charge in [0.15, 0.2) is 5.16 Å². The molecule has 2 amide bonds. The number of fused-ring (bicyclic) bond motifs is 2. The first-order chi connectivity index (χ1) is 16.4. The number of thiophene rings is 1. The lowest BCUT2D eigenvalue weighted by Crippen LogP contribution is -2.30. The van der Waals surface area contributed by atoms with E-state index in [2.05, 4.69) is 6.92 Å². The molecule has 34 heavy (non-hydrogen) atoms. The van der Waals surface area contributed by atoms with Crippen molar-refractivity contribution in [1.82, 2.24) is 14.5 Å². The summed E-state index contributed by atoms with van der Waals surface area (Å²) in [6.07, 6.45) is 0.835. The standard InChI is InChI=1S/C26H23N3O3S2/c1-4-20-16(3)21-22(34-20)27-26(28(25(21)32)13-17-11-9-15(2)10-12-17)33-14-29-23(30)18-7-5-6-8-19(18)24(29)31/h5-12H,4,13-14H2,1-3H3. The van der Waals surface area contributed by atoms with Crippen molar-refractivity contribution < 1.29 is 9.59 Å². The topological polar surface area (TPSA) is 72.3 Å². The summed E-state index contributed by atoms with van der Waals surface area (Å²) in [5.74, 6) is -0.549. The third-order valence-electron chi connectivity index (χ3n) is 6.10. The van der Waals surface area contributed by atoms with E-state index in [9.17, 15) is 14.4 Å². The lowest BCUT2D eigenvalue weighted by Gasteiger charge is -2.16. The van der Waals surface area contributed by atoms with Crippen LogP contribution in [0.4, 0.5) is 0 Å². The molecule has 0 aliphatic carbocycles. The van der Waals surface area contributed by atoms with E-state index < -0.39 is 0 Å². The minimum atomic E-state index is -0.318. The number of hydrogen-bond donors (Lipinski definition) is 0. The van der Waals surface area contributed by atoms with Crippen molar-refractivity contribution in [3.05, 3.63) is 91.6 Å². The van der Waals surface area contributed by atoms with Crippen molar-refractivity contribution in [3.63, 3.8) is 0 Å². The second-order valence-corrected chi connectivity index (χ2v) is 10.3. The van der Waals surface area contributed by atoms with Gasteiger partial charge in [-0.05, 0) is 43.5 Å². The highest BCUT2D eigenvalue weighted by Gasteiger charge is 2.35. The number of nitrogens with zero attached hydrogens (tertiary/aromatic N) is 3. The number of carbonyl (C=O) groups is 2. The lowest BCUT2D eigenvalue weighted by molar-refractivity contribution is 0.0684. The summed E-state index contributed by atoms with van der Waals surface area (Å²) < 4.78 is 1.66. The molecule has 1 aliphatic heterocycles. The third-order valence-corrected chi connectivity index (χ3v) is 8.38. The summed E-state index contributed by atoms with van der Waals surface area (Å²) in [5.41, 5.74) is 3.84. The van der Waals surface area contributed by atoms with Crippen molar-refractivity contribution in [2.75, 3.05) is 5.88 Å². The molecule has 1 aliphatic rings. The third kappa shape index (κ3) is 3.76. The highest BCUT2D eigenvalue weighted by Crippen LogP contribution is 2.31. The van der Waals surface area contributed by atoms with Crippen molar-refractivity contribution in [3.8, 4) is 0 Å². The number of imide groups is 1. The average Bonchev–Trinajstić information content (AvgIpc) is 3.29. The number of thioether (sulfide) groups is 1. The molecular weight excluding hydrogens is 466 g/mol. The zero-order valence-electron chi connectivity index (χ0n) is 19.1. The van der Waals surface area contributed by atoms with Crippen LogP contribution in [0.2, 0.25) is 0 Å².